The minimum Gasteiger partial charge on any atom is -0.444 e. The highest BCUT2D eigenvalue weighted by atomic mass is 79.9. The van der Waals surface area contributed by atoms with Gasteiger partial charge in [-0.2, -0.15) is 0 Å². The van der Waals surface area contributed by atoms with Crippen molar-refractivity contribution in [2.45, 2.75) is 45.0 Å². The second-order valence-corrected chi connectivity index (χ2v) is 7.63. The summed E-state index contributed by atoms with van der Waals surface area (Å²) in [5.41, 5.74) is -0.605. The molecule has 23 heavy (non-hydrogen) atoms. The molecule has 0 saturated carbocycles. The summed E-state index contributed by atoms with van der Waals surface area (Å²) < 4.78 is 19.6. The van der Waals surface area contributed by atoms with Crippen molar-refractivity contribution >= 4 is 39.4 Å². The molecule has 2 heterocycles. The molecule has 2 atom stereocenters. The van der Waals surface area contributed by atoms with Crippen LogP contribution in [0.1, 0.15) is 27.2 Å². The Balaban J connectivity index is 1.99. The van der Waals surface area contributed by atoms with E-state index >= 15 is 0 Å². The van der Waals surface area contributed by atoms with Crippen LogP contribution >= 0.6 is 27.5 Å². The summed E-state index contributed by atoms with van der Waals surface area (Å²) in [5, 5.41) is 3.62. The SMILES string of the molecule is CC(C)(C)OC(=O)N1CC(F)CC1CNc1ccc(Cl)c(Br)n1. The van der Waals surface area contributed by atoms with E-state index in [1.54, 1.807) is 32.9 Å². The fourth-order valence-corrected chi connectivity index (χ4v) is 2.76. The summed E-state index contributed by atoms with van der Waals surface area (Å²) in [5.74, 6) is 0.604. The van der Waals surface area contributed by atoms with Gasteiger partial charge in [0.25, 0.3) is 0 Å². The van der Waals surface area contributed by atoms with Crippen LogP contribution < -0.4 is 5.32 Å². The van der Waals surface area contributed by atoms with Gasteiger partial charge in [0.15, 0.2) is 0 Å². The van der Waals surface area contributed by atoms with Crippen LogP contribution in [0.25, 0.3) is 0 Å². The van der Waals surface area contributed by atoms with Crippen molar-refractivity contribution < 1.29 is 13.9 Å². The average molecular weight is 409 g/mol. The summed E-state index contributed by atoms with van der Waals surface area (Å²) in [6.45, 7) is 5.81. The van der Waals surface area contributed by atoms with Crippen molar-refractivity contribution in [3.05, 3.63) is 21.8 Å². The lowest BCUT2D eigenvalue weighted by molar-refractivity contribution is 0.0226. The highest BCUT2D eigenvalue weighted by molar-refractivity contribution is 9.10. The maximum Gasteiger partial charge on any atom is 0.410 e. The zero-order valence-corrected chi connectivity index (χ0v) is 15.6. The van der Waals surface area contributed by atoms with Gasteiger partial charge in [0.05, 0.1) is 17.6 Å². The van der Waals surface area contributed by atoms with Crippen LogP contribution in [0.15, 0.2) is 16.7 Å². The van der Waals surface area contributed by atoms with Crippen molar-refractivity contribution in [2.24, 2.45) is 0 Å². The lowest BCUT2D eigenvalue weighted by Gasteiger charge is -2.28. The van der Waals surface area contributed by atoms with E-state index in [9.17, 15) is 9.18 Å². The number of pyridine rings is 1. The molecular weight excluding hydrogens is 389 g/mol. The molecule has 5 nitrogen and oxygen atoms in total. The van der Waals surface area contributed by atoms with Crippen LogP contribution in [0.3, 0.4) is 0 Å². The zero-order valence-electron chi connectivity index (χ0n) is 13.3. The van der Waals surface area contributed by atoms with Gasteiger partial charge in [-0.25, -0.2) is 14.2 Å². The number of rotatable bonds is 3. The number of halogens is 3. The van der Waals surface area contributed by atoms with Gasteiger partial charge in [-0.05, 0) is 48.8 Å². The Morgan fingerprint density at radius 2 is 2.26 bits per heavy atom. The molecule has 2 rings (SSSR count). The molecular formula is C15H20BrClFN3O2. The number of nitrogens with zero attached hydrogens (tertiary/aromatic N) is 2. The minimum absolute atomic E-state index is 0.0546. The molecule has 1 amide bonds. The number of anilines is 1. The van der Waals surface area contributed by atoms with Gasteiger partial charge >= 0.3 is 6.09 Å². The van der Waals surface area contributed by atoms with Crippen LogP contribution in [0, 0.1) is 0 Å². The first-order chi connectivity index (χ1) is 10.7. The minimum atomic E-state index is -1.04. The van der Waals surface area contributed by atoms with E-state index in [1.807, 2.05) is 0 Å². The number of aromatic nitrogens is 1. The molecule has 1 N–H and O–H groups in total. The lowest BCUT2D eigenvalue weighted by Crippen LogP contribution is -2.42. The maximum atomic E-state index is 13.7. The van der Waals surface area contributed by atoms with Gasteiger partial charge < -0.3 is 15.0 Å². The number of hydrogen-bond donors (Lipinski definition) is 1. The van der Waals surface area contributed by atoms with E-state index in [2.05, 4.69) is 26.2 Å². The number of nitrogens with one attached hydrogen (secondary N) is 1. The number of likely N-dealkylation sites (tertiary alicyclic amines) is 1. The molecule has 2 unspecified atom stereocenters. The third kappa shape index (κ3) is 5.21. The Labute approximate surface area is 148 Å². The summed E-state index contributed by atoms with van der Waals surface area (Å²) >= 11 is 9.15. The van der Waals surface area contributed by atoms with E-state index in [-0.39, 0.29) is 19.0 Å². The summed E-state index contributed by atoms with van der Waals surface area (Å²) in [7, 11) is 0. The molecule has 128 valence electrons. The smallest absolute Gasteiger partial charge is 0.410 e. The molecule has 0 bridgehead atoms. The molecule has 0 aliphatic carbocycles. The van der Waals surface area contributed by atoms with E-state index in [1.165, 1.54) is 4.90 Å². The van der Waals surface area contributed by atoms with Crippen molar-refractivity contribution in [3.8, 4) is 0 Å². The highest BCUT2D eigenvalue weighted by Crippen LogP contribution is 2.25. The second kappa shape index (κ2) is 7.21. The van der Waals surface area contributed by atoms with Gasteiger partial charge in [-0.15, -0.1) is 0 Å². The Morgan fingerprint density at radius 3 is 2.87 bits per heavy atom. The summed E-state index contributed by atoms with van der Waals surface area (Å²) in [6.07, 6.45) is -1.25. The standard InChI is InChI=1S/C15H20BrClFN3O2/c1-15(2,3)23-14(22)21-8-9(18)6-10(21)7-19-12-5-4-11(17)13(16)20-12/h4-5,9-10H,6-8H2,1-3H3,(H,19,20). The van der Waals surface area contributed by atoms with Crippen LogP contribution in [0.2, 0.25) is 5.02 Å². The van der Waals surface area contributed by atoms with Gasteiger partial charge in [-0.3, -0.25) is 0 Å². The largest absolute Gasteiger partial charge is 0.444 e. The number of carbonyl (C=O) groups excluding carboxylic acids is 1. The van der Waals surface area contributed by atoms with E-state index in [0.29, 0.717) is 22.0 Å². The Kier molecular flexibility index (Phi) is 5.73. The maximum absolute atomic E-state index is 13.7. The fraction of sp³-hybridized carbons (Fsp3) is 0.600. The Hall–Kier alpha value is -1.08. The summed E-state index contributed by atoms with van der Waals surface area (Å²) in [4.78, 5) is 17.9. The Bertz CT molecular complexity index is 582. The third-order valence-electron chi connectivity index (χ3n) is 3.31. The normalized spacial score (nSPS) is 21.4. The lowest BCUT2D eigenvalue weighted by atomic mass is 10.2. The van der Waals surface area contributed by atoms with Gasteiger partial charge in [0.2, 0.25) is 0 Å². The molecule has 1 aliphatic rings. The predicted octanol–water partition coefficient (Wildman–Crippen LogP) is 4.26. The van der Waals surface area contributed by atoms with E-state index in [4.69, 9.17) is 16.3 Å². The molecule has 1 aromatic heterocycles. The number of carbonyl (C=O) groups is 1. The average Bonchev–Trinajstić information content (AvgIpc) is 2.79. The van der Waals surface area contributed by atoms with Crippen molar-refractivity contribution in [3.63, 3.8) is 0 Å². The van der Waals surface area contributed by atoms with E-state index < -0.39 is 17.9 Å². The van der Waals surface area contributed by atoms with Gasteiger partial charge in [0.1, 0.15) is 22.2 Å². The third-order valence-corrected chi connectivity index (χ3v) is 4.45. The monoisotopic (exact) mass is 407 g/mol. The van der Waals surface area contributed by atoms with Crippen molar-refractivity contribution in [2.75, 3.05) is 18.4 Å². The molecule has 1 aromatic rings. The van der Waals surface area contributed by atoms with Gasteiger partial charge in [0, 0.05) is 13.0 Å². The predicted molar refractivity (Wildman–Crippen MR) is 91.7 cm³/mol. The molecule has 0 radical (unpaired) electrons. The number of alkyl halides is 1. The second-order valence-electron chi connectivity index (χ2n) is 6.47. The zero-order chi connectivity index (χ0) is 17.2. The first kappa shape index (κ1) is 18.3. The first-order valence-corrected chi connectivity index (χ1v) is 8.52. The summed E-state index contributed by atoms with van der Waals surface area (Å²) in [6, 6.07) is 3.16. The fourth-order valence-electron chi connectivity index (χ4n) is 2.34. The molecule has 1 aliphatic heterocycles. The van der Waals surface area contributed by atoms with Crippen LogP contribution in [-0.2, 0) is 4.74 Å². The first-order valence-electron chi connectivity index (χ1n) is 7.35. The van der Waals surface area contributed by atoms with Crippen molar-refractivity contribution in [1.82, 2.24) is 9.88 Å². The molecule has 0 spiro atoms. The van der Waals surface area contributed by atoms with E-state index in [0.717, 1.165) is 0 Å². The molecule has 1 saturated heterocycles. The molecule has 0 aromatic carbocycles. The number of amides is 1. The number of hydrogen-bond acceptors (Lipinski definition) is 4. The molecule has 8 heteroatoms. The van der Waals surface area contributed by atoms with Crippen LogP contribution in [0.5, 0.6) is 0 Å². The quantitative estimate of drug-likeness (QED) is 0.759. The Morgan fingerprint density at radius 1 is 1.57 bits per heavy atom. The van der Waals surface area contributed by atoms with Crippen LogP contribution in [-0.4, -0.2) is 46.9 Å². The highest BCUT2D eigenvalue weighted by Gasteiger charge is 2.37. The van der Waals surface area contributed by atoms with Crippen LogP contribution in [0.4, 0.5) is 15.0 Å². The topological polar surface area (TPSA) is 54.5 Å². The number of ether oxygens (including phenoxy) is 1. The molecule has 1 fully saturated rings. The van der Waals surface area contributed by atoms with Crippen molar-refractivity contribution in [1.29, 1.82) is 0 Å². The van der Waals surface area contributed by atoms with Gasteiger partial charge in [-0.1, -0.05) is 11.6 Å².